The number of nitrogens with zero attached hydrogens (tertiary/aromatic N) is 3. The maximum absolute atomic E-state index is 13.7. The van der Waals surface area contributed by atoms with E-state index in [2.05, 4.69) is 4.90 Å². The smallest absolute Gasteiger partial charge is 0.379 e. The molecular formula is C24H28F3N3O3S. The summed E-state index contributed by atoms with van der Waals surface area (Å²) in [7, 11) is 1.45. The number of aromatic nitrogens is 2. The molecule has 1 fully saturated rings. The molecule has 1 aromatic carbocycles. The normalized spacial score (nSPS) is 15.5. The van der Waals surface area contributed by atoms with E-state index in [4.69, 9.17) is 4.74 Å². The quantitative estimate of drug-likeness (QED) is 0.521. The third kappa shape index (κ3) is 4.85. The average molecular weight is 496 g/mol. The fourth-order valence-corrected chi connectivity index (χ4v) is 5.70. The van der Waals surface area contributed by atoms with Gasteiger partial charge in [0, 0.05) is 44.5 Å². The first-order chi connectivity index (χ1) is 16.1. The number of halogens is 3. The Bertz CT molecular complexity index is 1300. The molecule has 4 rings (SSSR count). The number of rotatable bonds is 6. The molecule has 34 heavy (non-hydrogen) atoms. The number of morpholine rings is 1. The Hall–Kier alpha value is -2.43. The highest BCUT2D eigenvalue weighted by atomic mass is 32.1. The van der Waals surface area contributed by atoms with Crippen LogP contribution in [0.5, 0.6) is 0 Å². The molecule has 3 heterocycles. The van der Waals surface area contributed by atoms with Gasteiger partial charge in [-0.05, 0) is 23.1 Å². The maximum atomic E-state index is 13.7. The van der Waals surface area contributed by atoms with Crippen LogP contribution in [-0.2, 0) is 37.5 Å². The van der Waals surface area contributed by atoms with Crippen LogP contribution >= 0.6 is 11.3 Å². The Kier molecular flexibility index (Phi) is 7.02. The maximum Gasteiger partial charge on any atom is 0.416 e. The topological polar surface area (TPSA) is 56.5 Å². The van der Waals surface area contributed by atoms with Crippen molar-refractivity contribution in [3.63, 3.8) is 0 Å². The van der Waals surface area contributed by atoms with E-state index >= 15 is 0 Å². The molecule has 0 spiro atoms. The van der Waals surface area contributed by atoms with E-state index < -0.39 is 23.0 Å². The molecule has 0 atom stereocenters. The first kappa shape index (κ1) is 24.7. The second-order valence-electron chi connectivity index (χ2n) is 9.06. The number of thiophene rings is 1. The van der Waals surface area contributed by atoms with Crippen LogP contribution in [0.25, 0.3) is 10.2 Å². The lowest BCUT2D eigenvalue weighted by Crippen LogP contribution is -2.39. The Morgan fingerprint density at radius 3 is 2.44 bits per heavy atom. The lowest BCUT2D eigenvalue weighted by molar-refractivity contribution is -0.138. The third-order valence-electron chi connectivity index (χ3n) is 6.06. The second kappa shape index (κ2) is 9.67. The van der Waals surface area contributed by atoms with Crippen molar-refractivity contribution in [1.29, 1.82) is 0 Å². The molecule has 6 nitrogen and oxygen atoms in total. The molecule has 0 aliphatic carbocycles. The molecule has 0 amide bonds. The van der Waals surface area contributed by atoms with Crippen LogP contribution < -0.4 is 11.2 Å². The SMILES string of the molecule is CC(C)Cn1c(=O)n(C)c(=O)c2c(CN3CCOCC3)c(Cc3ccccc3C(F)(F)F)sc21. The van der Waals surface area contributed by atoms with Gasteiger partial charge in [-0.1, -0.05) is 32.0 Å². The van der Waals surface area contributed by atoms with E-state index in [-0.39, 0.29) is 17.9 Å². The van der Waals surface area contributed by atoms with E-state index in [1.807, 2.05) is 13.8 Å². The fraction of sp³-hybridized carbons (Fsp3) is 0.500. The van der Waals surface area contributed by atoms with Crippen molar-refractivity contribution in [2.75, 3.05) is 26.3 Å². The van der Waals surface area contributed by atoms with Crippen molar-refractivity contribution in [3.05, 3.63) is 66.7 Å². The Labute approximate surface area is 199 Å². The fourth-order valence-electron chi connectivity index (χ4n) is 4.37. The monoisotopic (exact) mass is 495 g/mol. The van der Waals surface area contributed by atoms with Crippen LogP contribution in [0.3, 0.4) is 0 Å². The van der Waals surface area contributed by atoms with Gasteiger partial charge in [0.1, 0.15) is 4.83 Å². The van der Waals surface area contributed by atoms with Crippen LogP contribution in [0.15, 0.2) is 33.9 Å². The molecule has 10 heteroatoms. The summed E-state index contributed by atoms with van der Waals surface area (Å²) in [5.74, 6) is 0.151. The minimum Gasteiger partial charge on any atom is -0.379 e. The van der Waals surface area contributed by atoms with E-state index in [0.29, 0.717) is 60.1 Å². The summed E-state index contributed by atoms with van der Waals surface area (Å²) < 4.78 is 49.2. The molecule has 1 saturated heterocycles. The van der Waals surface area contributed by atoms with Gasteiger partial charge in [-0.2, -0.15) is 13.2 Å². The molecule has 0 bridgehead atoms. The van der Waals surface area contributed by atoms with Gasteiger partial charge >= 0.3 is 11.9 Å². The lowest BCUT2D eigenvalue weighted by atomic mass is 10.0. The van der Waals surface area contributed by atoms with Gasteiger partial charge in [0.05, 0.1) is 24.2 Å². The summed E-state index contributed by atoms with van der Waals surface area (Å²) in [6.45, 7) is 7.25. The van der Waals surface area contributed by atoms with Crippen LogP contribution in [0, 0.1) is 5.92 Å². The first-order valence-corrected chi connectivity index (χ1v) is 12.1. The minimum absolute atomic E-state index is 0.0354. The Morgan fingerprint density at radius 1 is 1.12 bits per heavy atom. The Balaban J connectivity index is 1.93. The van der Waals surface area contributed by atoms with E-state index in [9.17, 15) is 22.8 Å². The molecule has 0 unspecified atom stereocenters. The van der Waals surface area contributed by atoms with Crippen molar-refractivity contribution in [3.8, 4) is 0 Å². The third-order valence-corrected chi connectivity index (χ3v) is 7.32. The van der Waals surface area contributed by atoms with Gasteiger partial charge in [-0.15, -0.1) is 11.3 Å². The molecule has 184 valence electrons. The van der Waals surface area contributed by atoms with Crippen molar-refractivity contribution >= 4 is 21.6 Å². The summed E-state index contributed by atoms with van der Waals surface area (Å²) in [5.41, 5.74) is -0.643. The minimum atomic E-state index is -4.48. The zero-order valence-corrected chi connectivity index (χ0v) is 20.3. The summed E-state index contributed by atoms with van der Waals surface area (Å²) in [5, 5.41) is 0.429. The summed E-state index contributed by atoms with van der Waals surface area (Å²) >= 11 is 1.26. The zero-order valence-electron chi connectivity index (χ0n) is 19.4. The van der Waals surface area contributed by atoms with Gasteiger partial charge < -0.3 is 4.74 Å². The largest absolute Gasteiger partial charge is 0.416 e. The average Bonchev–Trinajstić information content (AvgIpc) is 3.13. The number of alkyl halides is 3. The predicted molar refractivity (Wildman–Crippen MR) is 127 cm³/mol. The van der Waals surface area contributed by atoms with E-state index in [1.165, 1.54) is 30.5 Å². The summed E-state index contributed by atoms with van der Waals surface area (Å²) in [6, 6.07) is 5.53. The van der Waals surface area contributed by atoms with Crippen LogP contribution in [0.1, 0.15) is 35.4 Å². The standard InChI is InChI=1S/C24H28F3N3O3S/c1-15(2)13-30-22-20(21(31)28(3)23(30)32)17(14-29-8-10-33-11-9-29)19(34-22)12-16-6-4-5-7-18(16)24(25,26)27/h4-7,15H,8-14H2,1-3H3. The first-order valence-electron chi connectivity index (χ1n) is 11.3. The number of hydrogen-bond acceptors (Lipinski definition) is 5. The van der Waals surface area contributed by atoms with Crippen molar-refractivity contribution in [1.82, 2.24) is 14.0 Å². The van der Waals surface area contributed by atoms with Crippen LogP contribution in [0.2, 0.25) is 0 Å². The highest BCUT2D eigenvalue weighted by Crippen LogP contribution is 2.36. The number of fused-ring (bicyclic) bond motifs is 1. The lowest BCUT2D eigenvalue weighted by Gasteiger charge is -2.27. The second-order valence-corrected chi connectivity index (χ2v) is 10.1. The van der Waals surface area contributed by atoms with Gasteiger partial charge in [-0.3, -0.25) is 18.8 Å². The van der Waals surface area contributed by atoms with E-state index in [0.717, 1.165) is 10.6 Å². The molecule has 1 aliphatic heterocycles. The summed E-state index contributed by atoms with van der Waals surface area (Å²) in [6.07, 6.45) is -4.44. The van der Waals surface area contributed by atoms with Gasteiger partial charge in [0.2, 0.25) is 0 Å². The highest BCUT2D eigenvalue weighted by Gasteiger charge is 2.33. The van der Waals surface area contributed by atoms with Gasteiger partial charge in [0.25, 0.3) is 5.56 Å². The number of hydrogen-bond donors (Lipinski definition) is 0. The van der Waals surface area contributed by atoms with Crippen molar-refractivity contribution in [2.45, 2.75) is 39.5 Å². The van der Waals surface area contributed by atoms with E-state index in [1.54, 1.807) is 10.6 Å². The molecule has 3 aromatic rings. The van der Waals surface area contributed by atoms with Crippen molar-refractivity contribution < 1.29 is 17.9 Å². The van der Waals surface area contributed by atoms with Gasteiger partial charge in [0.15, 0.2) is 0 Å². The molecule has 2 aromatic heterocycles. The van der Waals surface area contributed by atoms with Crippen LogP contribution in [-0.4, -0.2) is 40.3 Å². The molecular weight excluding hydrogens is 467 g/mol. The predicted octanol–water partition coefficient (Wildman–Crippen LogP) is 3.86. The van der Waals surface area contributed by atoms with Crippen molar-refractivity contribution in [2.24, 2.45) is 13.0 Å². The molecule has 0 saturated carbocycles. The molecule has 0 radical (unpaired) electrons. The summed E-state index contributed by atoms with van der Waals surface area (Å²) in [4.78, 5) is 29.6. The molecule has 1 aliphatic rings. The van der Waals surface area contributed by atoms with Crippen LogP contribution in [0.4, 0.5) is 13.2 Å². The number of ether oxygens (including phenoxy) is 1. The molecule has 0 N–H and O–H groups in total. The highest BCUT2D eigenvalue weighted by molar-refractivity contribution is 7.18. The van der Waals surface area contributed by atoms with Gasteiger partial charge in [-0.25, -0.2) is 4.79 Å². The Morgan fingerprint density at radius 2 is 1.79 bits per heavy atom. The zero-order chi connectivity index (χ0) is 24.6. The number of benzene rings is 1.